The molecule has 6 N–H and O–H groups in total. The van der Waals surface area contributed by atoms with Gasteiger partial charge in [0.1, 0.15) is 24.4 Å². The minimum Gasteiger partial charge on any atom is -0.394 e. The summed E-state index contributed by atoms with van der Waals surface area (Å²) in [5, 5.41) is 37.6. The van der Waals surface area contributed by atoms with E-state index in [1.165, 1.54) is 0 Å². The summed E-state index contributed by atoms with van der Waals surface area (Å²) in [6, 6.07) is 0. The normalized spacial score (nSPS) is 38.3. The van der Waals surface area contributed by atoms with E-state index in [0.29, 0.717) is 19.6 Å². The Hall–Kier alpha value is -0.280. The molecule has 1 aliphatic rings. The molecule has 1 heterocycles. The van der Waals surface area contributed by atoms with E-state index in [-0.39, 0.29) is 0 Å². The molecule has 0 aliphatic carbocycles. The predicted octanol–water partition coefficient (Wildman–Crippen LogP) is -2.46. The van der Waals surface area contributed by atoms with Crippen LogP contribution in [0.1, 0.15) is 12.8 Å². The van der Waals surface area contributed by atoms with Crippen molar-refractivity contribution in [2.45, 2.75) is 43.5 Å². The van der Waals surface area contributed by atoms with E-state index in [9.17, 15) is 15.3 Å². The Morgan fingerprint density at radius 3 is 2.35 bits per heavy atom. The van der Waals surface area contributed by atoms with Crippen molar-refractivity contribution in [3.63, 3.8) is 0 Å². The molecule has 1 rings (SSSR count). The van der Waals surface area contributed by atoms with E-state index in [4.69, 9.17) is 20.3 Å². The van der Waals surface area contributed by atoms with Crippen molar-refractivity contribution in [1.82, 2.24) is 0 Å². The van der Waals surface area contributed by atoms with Gasteiger partial charge in [0, 0.05) is 6.61 Å². The third-order valence-corrected chi connectivity index (χ3v) is 2.73. The van der Waals surface area contributed by atoms with Gasteiger partial charge in [0.05, 0.1) is 6.61 Å². The standard InChI is InChI=1S/C10H21NO6/c11-3-1-2-4-16-10-9(15)8(14)7(13)6(5-12)17-10/h6-10,12-15H,1-5,11H2/t6-,7-,8+,9+,10-/m1/s1. The highest BCUT2D eigenvalue weighted by Gasteiger charge is 2.43. The summed E-state index contributed by atoms with van der Waals surface area (Å²) in [6.07, 6.45) is -4.52. The van der Waals surface area contributed by atoms with Gasteiger partial charge in [-0.25, -0.2) is 0 Å². The maximum Gasteiger partial charge on any atom is 0.186 e. The van der Waals surface area contributed by atoms with Gasteiger partial charge < -0.3 is 35.6 Å². The summed E-state index contributed by atoms with van der Waals surface area (Å²) in [6.45, 7) is 0.436. The smallest absolute Gasteiger partial charge is 0.186 e. The van der Waals surface area contributed by atoms with Crippen molar-refractivity contribution >= 4 is 0 Å². The zero-order valence-corrected chi connectivity index (χ0v) is 9.60. The first kappa shape index (κ1) is 14.8. The monoisotopic (exact) mass is 251 g/mol. The second-order valence-corrected chi connectivity index (χ2v) is 4.06. The van der Waals surface area contributed by atoms with E-state index in [1.807, 2.05) is 0 Å². The molecule has 0 spiro atoms. The number of aliphatic hydroxyl groups excluding tert-OH is 4. The van der Waals surface area contributed by atoms with E-state index in [2.05, 4.69) is 0 Å². The lowest BCUT2D eigenvalue weighted by atomic mass is 9.99. The molecule has 0 radical (unpaired) electrons. The Labute approximate surface area is 99.8 Å². The maximum absolute atomic E-state index is 9.61. The van der Waals surface area contributed by atoms with Crippen LogP contribution in [0.15, 0.2) is 0 Å². The predicted molar refractivity (Wildman–Crippen MR) is 58.0 cm³/mol. The third kappa shape index (κ3) is 3.85. The summed E-state index contributed by atoms with van der Waals surface area (Å²) >= 11 is 0. The molecule has 5 atom stereocenters. The lowest BCUT2D eigenvalue weighted by Gasteiger charge is -2.39. The van der Waals surface area contributed by atoms with Crippen LogP contribution in [0, 0.1) is 0 Å². The molecule has 102 valence electrons. The highest BCUT2D eigenvalue weighted by atomic mass is 16.7. The molecule has 0 unspecified atom stereocenters. The number of unbranched alkanes of at least 4 members (excludes halogenated alkanes) is 1. The highest BCUT2D eigenvalue weighted by Crippen LogP contribution is 2.21. The van der Waals surface area contributed by atoms with Crippen molar-refractivity contribution < 1.29 is 29.9 Å². The van der Waals surface area contributed by atoms with E-state index in [0.717, 1.165) is 6.42 Å². The van der Waals surface area contributed by atoms with Crippen LogP contribution in [0.4, 0.5) is 0 Å². The lowest BCUT2D eigenvalue weighted by molar-refractivity contribution is -0.301. The van der Waals surface area contributed by atoms with Gasteiger partial charge in [-0.1, -0.05) is 0 Å². The Morgan fingerprint density at radius 2 is 1.76 bits per heavy atom. The molecule has 1 aliphatic heterocycles. The molecule has 0 amide bonds. The average molecular weight is 251 g/mol. The molecule has 1 fully saturated rings. The summed E-state index contributed by atoms with van der Waals surface area (Å²) in [5.74, 6) is 0. The molecular formula is C10H21NO6. The van der Waals surface area contributed by atoms with Gasteiger partial charge in [0.25, 0.3) is 0 Å². The number of hydrogen-bond donors (Lipinski definition) is 5. The summed E-state index contributed by atoms with van der Waals surface area (Å²) in [4.78, 5) is 0. The third-order valence-electron chi connectivity index (χ3n) is 2.73. The minimum atomic E-state index is -1.39. The van der Waals surface area contributed by atoms with Crippen LogP contribution in [0.25, 0.3) is 0 Å². The number of nitrogens with two attached hydrogens (primary N) is 1. The van der Waals surface area contributed by atoms with Gasteiger partial charge in [-0.05, 0) is 19.4 Å². The number of hydrogen-bond acceptors (Lipinski definition) is 7. The van der Waals surface area contributed by atoms with E-state index < -0.39 is 37.3 Å². The van der Waals surface area contributed by atoms with Crippen LogP contribution in [0.3, 0.4) is 0 Å². The van der Waals surface area contributed by atoms with Crippen LogP contribution in [0.2, 0.25) is 0 Å². The molecular weight excluding hydrogens is 230 g/mol. The molecule has 0 bridgehead atoms. The molecule has 0 aromatic heterocycles. The van der Waals surface area contributed by atoms with Gasteiger partial charge in [-0.3, -0.25) is 0 Å². The molecule has 0 saturated carbocycles. The van der Waals surface area contributed by atoms with Crippen LogP contribution in [-0.2, 0) is 9.47 Å². The first-order valence-corrected chi connectivity index (χ1v) is 5.74. The number of ether oxygens (including phenoxy) is 2. The summed E-state index contributed by atoms with van der Waals surface area (Å²) in [5.41, 5.74) is 5.32. The zero-order chi connectivity index (χ0) is 12.8. The first-order valence-electron chi connectivity index (χ1n) is 5.74. The van der Waals surface area contributed by atoms with Crippen molar-refractivity contribution in [1.29, 1.82) is 0 Å². The van der Waals surface area contributed by atoms with Crippen LogP contribution in [-0.4, -0.2) is 70.9 Å². The van der Waals surface area contributed by atoms with Gasteiger partial charge >= 0.3 is 0 Å². The fraction of sp³-hybridized carbons (Fsp3) is 1.00. The number of aliphatic hydroxyl groups is 4. The van der Waals surface area contributed by atoms with Gasteiger partial charge in [0.15, 0.2) is 6.29 Å². The van der Waals surface area contributed by atoms with Crippen molar-refractivity contribution in [3.05, 3.63) is 0 Å². The van der Waals surface area contributed by atoms with Crippen molar-refractivity contribution in [3.8, 4) is 0 Å². The van der Waals surface area contributed by atoms with Crippen LogP contribution in [0.5, 0.6) is 0 Å². The Balaban J connectivity index is 2.42. The molecule has 7 heteroatoms. The maximum atomic E-state index is 9.61. The Morgan fingerprint density at radius 1 is 1.06 bits per heavy atom. The average Bonchev–Trinajstić information content (AvgIpc) is 2.34. The second-order valence-electron chi connectivity index (χ2n) is 4.06. The van der Waals surface area contributed by atoms with Crippen LogP contribution < -0.4 is 5.73 Å². The summed E-state index contributed by atoms with van der Waals surface area (Å²) < 4.78 is 10.4. The SMILES string of the molecule is NCCCCO[C@@H]1O[C@H](CO)[C@@H](O)[C@H](O)[C@@H]1O. The lowest BCUT2D eigenvalue weighted by Crippen LogP contribution is -2.59. The van der Waals surface area contributed by atoms with Crippen LogP contribution >= 0.6 is 0 Å². The van der Waals surface area contributed by atoms with Gasteiger partial charge in [-0.15, -0.1) is 0 Å². The van der Waals surface area contributed by atoms with E-state index in [1.54, 1.807) is 0 Å². The van der Waals surface area contributed by atoms with Crippen molar-refractivity contribution in [2.75, 3.05) is 19.8 Å². The van der Waals surface area contributed by atoms with Gasteiger partial charge in [-0.2, -0.15) is 0 Å². The fourth-order valence-corrected chi connectivity index (χ4v) is 1.65. The highest BCUT2D eigenvalue weighted by molar-refractivity contribution is 4.88. The zero-order valence-electron chi connectivity index (χ0n) is 9.60. The largest absolute Gasteiger partial charge is 0.394 e. The quantitative estimate of drug-likeness (QED) is 0.331. The molecule has 0 aromatic carbocycles. The Kier molecular flexibility index (Phi) is 6.28. The first-order chi connectivity index (χ1) is 8.11. The summed E-state index contributed by atoms with van der Waals surface area (Å²) in [7, 11) is 0. The second kappa shape index (κ2) is 7.22. The number of rotatable bonds is 6. The molecule has 0 aromatic rings. The van der Waals surface area contributed by atoms with Crippen molar-refractivity contribution in [2.24, 2.45) is 5.73 Å². The topological polar surface area (TPSA) is 125 Å². The molecule has 1 saturated heterocycles. The fourth-order valence-electron chi connectivity index (χ4n) is 1.65. The van der Waals surface area contributed by atoms with E-state index >= 15 is 0 Å². The Bertz CT molecular complexity index is 215. The minimum absolute atomic E-state index is 0.333. The molecule has 7 nitrogen and oxygen atoms in total. The molecule has 17 heavy (non-hydrogen) atoms. The van der Waals surface area contributed by atoms with Gasteiger partial charge in [0.2, 0.25) is 0 Å².